The number of halogens is 4. The van der Waals surface area contributed by atoms with Crippen LogP contribution in [0.1, 0.15) is 26.2 Å². The van der Waals surface area contributed by atoms with Crippen molar-refractivity contribution >= 4 is 24.0 Å². The quantitative estimate of drug-likeness (QED) is 0.829. The number of alkyl halides is 3. The van der Waals surface area contributed by atoms with Crippen LogP contribution in [0.15, 0.2) is 24.3 Å². The lowest BCUT2D eigenvalue weighted by Crippen LogP contribution is -2.34. The number of anilines is 1. The second kappa shape index (κ2) is 9.13. The van der Waals surface area contributed by atoms with E-state index in [2.05, 4.69) is 15.4 Å². The molecule has 1 saturated heterocycles. The predicted octanol–water partition coefficient (Wildman–Crippen LogP) is 3.97. The van der Waals surface area contributed by atoms with Gasteiger partial charge in [-0.25, -0.2) is 0 Å². The minimum Gasteiger partial charge on any atom is -0.406 e. The fourth-order valence-electron chi connectivity index (χ4n) is 2.81. The lowest BCUT2D eigenvalue weighted by molar-refractivity contribution is -0.274. The highest BCUT2D eigenvalue weighted by Gasteiger charge is 2.31. The minimum absolute atomic E-state index is 0. The lowest BCUT2D eigenvalue weighted by Gasteiger charge is -2.28. The molecular weight excluding hydrogens is 345 g/mol. The summed E-state index contributed by atoms with van der Waals surface area (Å²) in [4.78, 5) is 12.1. The Bertz CT molecular complexity index is 534. The molecule has 1 aliphatic heterocycles. The van der Waals surface area contributed by atoms with Crippen LogP contribution in [0.2, 0.25) is 0 Å². The third-order valence-electron chi connectivity index (χ3n) is 4.00. The smallest absolute Gasteiger partial charge is 0.406 e. The Kier molecular flexibility index (Phi) is 7.83. The number of carbonyl (C=O) groups is 1. The molecule has 0 radical (unpaired) electrons. The summed E-state index contributed by atoms with van der Waals surface area (Å²) in [6, 6.07) is 5.30. The molecule has 1 amide bonds. The normalized spacial score (nSPS) is 19.1. The van der Waals surface area contributed by atoms with E-state index in [-0.39, 0.29) is 30.0 Å². The fourth-order valence-corrected chi connectivity index (χ4v) is 2.81. The van der Waals surface area contributed by atoms with E-state index in [1.807, 2.05) is 6.92 Å². The molecule has 1 fully saturated rings. The molecule has 1 aromatic rings. The molecule has 1 heterocycles. The number of carbonyl (C=O) groups excluding carboxylic acids is 1. The van der Waals surface area contributed by atoms with Crippen LogP contribution in [0.3, 0.4) is 0 Å². The SMILES string of the molecule is CC(CC(=O)Nc1cccc(OC(F)(F)F)c1)C1CCCNC1.Cl. The maximum atomic E-state index is 12.2. The topological polar surface area (TPSA) is 50.4 Å². The van der Waals surface area contributed by atoms with Crippen molar-refractivity contribution < 1.29 is 22.7 Å². The molecule has 8 heteroatoms. The van der Waals surface area contributed by atoms with Crippen LogP contribution < -0.4 is 15.4 Å². The summed E-state index contributed by atoms with van der Waals surface area (Å²) in [6.07, 6.45) is -2.20. The molecule has 2 N–H and O–H groups in total. The summed E-state index contributed by atoms with van der Waals surface area (Å²) in [5.41, 5.74) is 0.297. The molecule has 0 spiro atoms. The van der Waals surface area contributed by atoms with Gasteiger partial charge in [0, 0.05) is 18.2 Å². The Balaban J connectivity index is 0.00000288. The third-order valence-corrected chi connectivity index (χ3v) is 4.00. The number of rotatable bonds is 5. The van der Waals surface area contributed by atoms with Crippen LogP contribution in [0, 0.1) is 11.8 Å². The number of amides is 1. The van der Waals surface area contributed by atoms with E-state index in [1.165, 1.54) is 18.2 Å². The Hall–Kier alpha value is -1.47. The van der Waals surface area contributed by atoms with Crippen molar-refractivity contribution in [3.63, 3.8) is 0 Å². The van der Waals surface area contributed by atoms with Crippen LogP contribution in [0.4, 0.5) is 18.9 Å². The Labute approximate surface area is 145 Å². The zero-order valence-corrected chi connectivity index (χ0v) is 14.2. The van der Waals surface area contributed by atoms with Gasteiger partial charge in [0.05, 0.1) is 0 Å². The average Bonchev–Trinajstić information content (AvgIpc) is 2.46. The highest BCUT2D eigenvalue weighted by atomic mass is 35.5. The van der Waals surface area contributed by atoms with E-state index in [1.54, 1.807) is 0 Å². The van der Waals surface area contributed by atoms with Crippen molar-refractivity contribution in [3.8, 4) is 5.75 Å². The van der Waals surface area contributed by atoms with Crippen LogP contribution >= 0.6 is 12.4 Å². The maximum absolute atomic E-state index is 12.2. The van der Waals surface area contributed by atoms with Crippen molar-refractivity contribution in [2.45, 2.75) is 32.5 Å². The highest BCUT2D eigenvalue weighted by Crippen LogP contribution is 2.26. The summed E-state index contributed by atoms with van der Waals surface area (Å²) in [6.45, 7) is 3.95. The van der Waals surface area contributed by atoms with Gasteiger partial charge in [-0.05, 0) is 49.9 Å². The zero-order valence-electron chi connectivity index (χ0n) is 13.4. The van der Waals surface area contributed by atoms with Crippen molar-refractivity contribution in [2.75, 3.05) is 18.4 Å². The van der Waals surface area contributed by atoms with Gasteiger partial charge in [0.15, 0.2) is 0 Å². The van der Waals surface area contributed by atoms with Gasteiger partial charge in [0.2, 0.25) is 5.91 Å². The highest BCUT2D eigenvalue weighted by molar-refractivity contribution is 5.91. The summed E-state index contributed by atoms with van der Waals surface area (Å²) >= 11 is 0. The van der Waals surface area contributed by atoms with E-state index in [0.717, 1.165) is 32.0 Å². The van der Waals surface area contributed by atoms with Gasteiger partial charge in [0.25, 0.3) is 0 Å². The first-order valence-corrected chi connectivity index (χ1v) is 7.70. The van der Waals surface area contributed by atoms with E-state index in [9.17, 15) is 18.0 Å². The Morgan fingerprint density at radius 2 is 2.21 bits per heavy atom. The van der Waals surface area contributed by atoms with Gasteiger partial charge in [-0.1, -0.05) is 13.0 Å². The molecule has 0 bridgehead atoms. The van der Waals surface area contributed by atoms with E-state index < -0.39 is 6.36 Å². The van der Waals surface area contributed by atoms with E-state index in [4.69, 9.17) is 0 Å². The molecule has 2 unspecified atom stereocenters. The number of hydrogen-bond acceptors (Lipinski definition) is 3. The van der Waals surface area contributed by atoms with E-state index >= 15 is 0 Å². The van der Waals surface area contributed by atoms with Crippen LogP contribution in [-0.4, -0.2) is 25.4 Å². The molecule has 0 aromatic heterocycles. The maximum Gasteiger partial charge on any atom is 0.573 e. The molecule has 2 rings (SSSR count). The number of hydrogen-bond donors (Lipinski definition) is 2. The van der Waals surface area contributed by atoms with Crippen LogP contribution in [-0.2, 0) is 4.79 Å². The summed E-state index contributed by atoms with van der Waals surface area (Å²) in [5, 5.41) is 5.94. The average molecular weight is 367 g/mol. The molecule has 0 saturated carbocycles. The predicted molar refractivity (Wildman–Crippen MR) is 88.4 cm³/mol. The van der Waals surface area contributed by atoms with Gasteiger partial charge in [-0.15, -0.1) is 25.6 Å². The molecular formula is C16H22ClF3N2O2. The largest absolute Gasteiger partial charge is 0.573 e. The third kappa shape index (κ3) is 6.97. The van der Waals surface area contributed by atoms with Crippen molar-refractivity contribution in [3.05, 3.63) is 24.3 Å². The molecule has 0 aliphatic carbocycles. The fraction of sp³-hybridized carbons (Fsp3) is 0.562. The second-order valence-electron chi connectivity index (χ2n) is 5.91. The summed E-state index contributed by atoms with van der Waals surface area (Å²) < 4.78 is 40.4. The second-order valence-corrected chi connectivity index (χ2v) is 5.91. The molecule has 136 valence electrons. The monoisotopic (exact) mass is 366 g/mol. The van der Waals surface area contributed by atoms with Crippen molar-refractivity contribution in [1.82, 2.24) is 5.32 Å². The Morgan fingerprint density at radius 3 is 2.83 bits per heavy atom. The van der Waals surface area contributed by atoms with Gasteiger partial charge < -0.3 is 15.4 Å². The zero-order chi connectivity index (χ0) is 16.9. The lowest BCUT2D eigenvalue weighted by atomic mass is 9.85. The first-order valence-electron chi connectivity index (χ1n) is 7.70. The van der Waals surface area contributed by atoms with Gasteiger partial charge in [0.1, 0.15) is 5.75 Å². The van der Waals surface area contributed by atoms with Crippen molar-refractivity contribution in [1.29, 1.82) is 0 Å². The molecule has 4 nitrogen and oxygen atoms in total. The number of ether oxygens (including phenoxy) is 1. The van der Waals surface area contributed by atoms with Gasteiger partial charge in [-0.3, -0.25) is 4.79 Å². The number of piperidine rings is 1. The first kappa shape index (κ1) is 20.6. The molecule has 1 aromatic carbocycles. The number of benzene rings is 1. The molecule has 1 aliphatic rings. The standard InChI is InChI=1S/C16H21F3N2O2.ClH/c1-11(12-4-3-7-20-10-12)8-15(22)21-13-5-2-6-14(9-13)23-16(17,18)19;/h2,5-6,9,11-12,20H,3-4,7-8,10H2,1H3,(H,21,22);1H. The first-order chi connectivity index (χ1) is 10.8. The summed E-state index contributed by atoms with van der Waals surface area (Å²) in [7, 11) is 0. The molecule has 2 atom stereocenters. The minimum atomic E-state index is -4.74. The van der Waals surface area contributed by atoms with Gasteiger partial charge >= 0.3 is 6.36 Å². The van der Waals surface area contributed by atoms with Crippen molar-refractivity contribution in [2.24, 2.45) is 11.8 Å². The summed E-state index contributed by atoms with van der Waals surface area (Å²) in [5.74, 6) is 0.124. The van der Waals surface area contributed by atoms with Crippen LogP contribution in [0.5, 0.6) is 5.75 Å². The molecule has 24 heavy (non-hydrogen) atoms. The van der Waals surface area contributed by atoms with Crippen LogP contribution in [0.25, 0.3) is 0 Å². The number of nitrogens with one attached hydrogen (secondary N) is 2. The Morgan fingerprint density at radius 1 is 1.46 bits per heavy atom. The van der Waals surface area contributed by atoms with Gasteiger partial charge in [-0.2, -0.15) is 0 Å². The van der Waals surface area contributed by atoms with E-state index in [0.29, 0.717) is 18.0 Å².